The minimum atomic E-state index is -0.124. The fraction of sp³-hybridized carbons (Fsp3) is 0.567. The number of hydrogen-bond donors (Lipinski definition) is 0. The van der Waals surface area contributed by atoms with Gasteiger partial charge in [-0.1, -0.05) is 43.7 Å². The standard InChI is InChI=1S/C30H39IN4O3/c1-3-29(24-10-5-4-6-11-24)14-16-30(17-15-29)22-33(28(37)34(30)21-23-8-7-9-23)19-13-27(36)35(31)25-12-18-32-20-26(25)38-2/h4-6,10-12,18,20,23H,3,7-9,13-17,19,21-22H2,1-2H3/t29-,30-. The number of benzene rings is 1. The summed E-state index contributed by atoms with van der Waals surface area (Å²) in [5.74, 6) is 1.12. The van der Waals surface area contributed by atoms with Crippen LogP contribution in [0, 0.1) is 5.92 Å². The topological polar surface area (TPSA) is 66.0 Å². The highest BCUT2D eigenvalue weighted by Crippen LogP contribution is 2.50. The highest BCUT2D eigenvalue weighted by molar-refractivity contribution is 14.1. The monoisotopic (exact) mass is 630 g/mol. The summed E-state index contributed by atoms with van der Waals surface area (Å²) in [6.07, 6.45) is 12.6. The Labute approximate surface area is 240 Å². The van der Waals surface area contributed by atoms with Crippen LogP contribution in [0.4, 0.5) is 10.5 Å². The molecule has 1 aromatic heterocycles. The molecule has 1 aromatic carbocycles. The zero-order valence-corrected chi connectivity index (χ0v) is 24.7. The molecule has 0 atom stereocenters. The van der Waals surface area contributed by atoms with Crippen LogP contribution >= 0.6 is 22.9 Å². The number of rotatable bonds is 9. The first kappa shape index (κ1) is 27.2. The molecule has 0 radical (unpaired) electrons. The maximum Gasteiger partial charge on any atom is 0.320 e. The number of halogens is 1. The summed E-state index contributed by atoms with van der Waals surface area (Å²) >= 11 is 2.02. The van der Waals surface area contributed by atoms with Gasteiger partial charge in [0.2, 0.25) is 5.91 Å². The Hall–Kier alpha value is -2.36. The first-order valence-corrected chi connectivity index (χ1v) is 15.0. The van der Waals surface area contributed by atoms with E-state index in [1.165, 1.54) is 24.8 Å². The van der Waals surface area contributed by atoms with Gasteiger partial charge in [-0.3, -0.25) is 9.78 Å². The molecule has 5 rings (SSSR count). The Kier molecular flexibility index (Phi) is 8.16. The van der Waals surface area contributed by atoms with Crippen molar-refractivity contribution in [3.05, 3.63) is 54.4 Å². The van der Waals surface area contributed by atoms with Gasteiger partial charge >= 0.3 is 6.03 Å². The Morgan fingerprint density at radius 2 is 1.89 bits per heavy atom. The second-order valence-electron chi connectivity index (χ2n) is 11.3. The van der Waals surface area contributed by atoms with E-state index < -0.39 is 0 Å². The van der Waals surface area contributed by atoms with E-state index in [1.54, 1.807) is 28.7 Å². The molecule has 2 aliphatic carbocycles. The van der Waals surface area contributed by atoms with Gasteiger partial charge in [-0.2, -0.15) is 0 Å². The summed E-state index contributed by atoms with van der Waals surface area (Å²) in [6, 6.07) is 12.8. The Balaban J connectivity index is 1.29. The number of carbonyl (C=O) groups is 2. The van der Waals surface area contributed by atoms with Gasteiger partial charge in [-0.25, -0.2) is 7.91 Å². The molecule has 1 aliphatic heterocycles. The molecular weight excluding hydrogens is 591 g/mol. The van der Waals surface area contributed by atoms with E-state index in [-0.39, 0.29) is 29.3 Å². The number of pyridine rings is 1. The zero-order valence-electron chi connectivity index (χ0n) is 22.6. The van der Waals surface area contributed by atoms with E-state index in [4.69, 9.17) is 4.74 Å². The molecule has 0 unspecified atom stereocenters. The largest absolute Gasteiger partial charge is 0.493 e. The zero-order chi connectivity index (χ0) is 26.8. The van der Waals surface area contributed by atoms with Crippen LogP contribution in [0.5, 0.6) is 5.75 Å². The predicted molar refractivity (Wildman–Crippen MR) is 158 cm³/mol. The molecule has 3 amide bonds. The number of urea groups is 1. The Bertz CT molecular complexity index is 1130. The molecule has 7 nitrogen and oxygen atoms in total. The van der Waals surface area contributed by atoms with Crippen LogP contribution < -0.4 is 7.85 Å². The maximum atomic E-state index is 13.8. The lowest BCUT2D eigenvalue weighted by Crippen LogP contribution is -2.53. The van der Waals surface area contributed by atoms with Gasteiger partial charge < -0.3 is 14.5 Å². The summed E-state index contributed by atoms with van der Waals surface area (Å²) in [7, 11) is 1.57. The van der Waals surface area contributed by atoms with Crippen molar-refractivity contribution in [3.8, 4) is 5.75 Å². The predicted octanol–water partition coefficient (Wildman–Crippen LogP) is 6.36. The third-order valence-electron chi connectivity index (χ3n) is 9.43. The number of hydrogen-bond acceptors (Lipinski definition) is 4. The summed E-state index contributed by atoms with van der Waals surface area (Å²) in [6.45, 7) is 4.33. The number of methoxy groups -OCH3 is 1. The minimum Gasteiger partial charge on any atom is -0.493 e. The van der Waals surface area contributed by atoms with Crippen LogP contribution in [0.25, 0.3) is 0 Å². The first-order valence-electron chi connectivity index (χ1n) is 14.0. The number of aromatic nitrogens is 1. The van der Waals surface area contributed by atoms with Crippen molar-refractivity contribution in [3.63, 3.8) is 0 Å². The second-order valence-corrected chi connectivity index (χ2v) is 12.3. The summed E-state index contributed by atoms with van der Waals surface area (Å²) in [4.78, 5) is 35.2. The Morgan fingerprint density at radius 1 is 1.16 bits per heavy atom. The number of anilines is 1. The first-order chi connectivity index (χ1) is 18.4. The van der Waals surface area contributed by atoms with Gasteiger partial charge in [-0.05, 0) is 67.9 Å². The number of ether oxygens (including phenoxy) is 1. The van der Waals surface area contributed by atoms with Gasteiger partial charge in [0.15, 0.2) is 5.75 Å². The van der Waals surface area contributed by atoms with Gasteiger partial charge in [0.05, 0.1) is 47.4 Å². The van der Waals surface area contributed by atoms with Crippen molar-refractivity contribution < 1.29 is 14.3 Å². The fourth-order valence-corrected chi connectivity index (χ4v) is 7.32. The second kappa shape index (κ2) is 11.4. The summed E-state index contributed by atoms with van der Waals surface area (Å²) in [5.41, 5.74) is 2.17. The van der Waals surface area contributed by atoms with E-state index in [0.29, 0.717) is 23.9 Å². The normalized spacial score (nSPS) is 25.5. The average Bonchev–Trinajstić information content (AvgIpc) is 3.19. The van der Waals surface area contributed by atoms with Crippen LogP contribution in [0.3, 0.4) is 0 Å². The summed E-state index contributed by atoms with van der Waals surface area (Å²) in [5, 5.41) is 0. The van der Waals surface area contributed by atoms with E-state index in [2.05, 4.69) is 47.1 Å². The van der Waals surface area contributed by atoms with Gasteiger partial charge in [0.25, 0.3) is 0 Å². The molecular formula is C30H39IN4O3. The van der Waals surface area contributed by atoms with Crippen molar-refractivity contribution >= 4 is 40.5 Å². The fourth-order valence-electron chi connectivity index (χ4n) is 6.68. The molecule has 2 saturated carbocycles. The lowest BCUT2D eigenvalue weighted by atomic mass is 9.62. The highest BCUT2D eigenvalue weighted by atomic mass is 127. The molecule has 204 valence electrons. The molecule has 3 aliphatic rings. The van der Waals surface area contributed by atoms with Crippen molar-refractivity contribution in [2.75, 3.05) is 29.9 Å². The number of nitrogens with zero attached hydrogens (tertiary/aromatic N) is 4. The van der Waals surface area contributed by atoms with Crippen LogP contribution in [0.2, 0.25) is 0 Å². The van der Waals surface area contributed by atoms with Crippen LogP contribution in [0.1, 0.15) is 70.3 Å². The third-order valence-corrected chi connectivity index (χ3v) is 10.5. The highest BCUT2D eigenvalue weighted by Gasteiger charge is 2.54. The van der Waals surface area contributed by atoms with Gasteiger partial charge in [-0.15, -0.1) is 0 Å². The quantitative estimate of drug-likeness (QED) is 0.239. The van der Waals surface area contributed by atoms with Gasteiger partial charge in [0, 0.05) is 32.3 Å². The SMILES string of the molecule is CC[C@]1(c2ccccc2)CC[C@]2(CC1)CN(CCC(=O)N(I)c1ccncc1OC)C(=O)N2CC1CCC1. The molecule has 1 saturated heterocycles. The van der Waals surface area contributed by atoms with E-state index in [9.17, 15) is 9.59 Å². The average molecular weight is 631 g/mol. The lowest BCUT2D eigenvalue weighted by Gasteiger charge is -2.49. The number of amides is 3. The number of carbonyl (C=O) groups excluding carboxylic acids is 2. The summed E-state index contributed by atoms with van der Waals surface area (Å²) < 4.78 is 6.96. The molecule has 2 heterocycles. The molecule has 0 N–H and O–H groups in total. The van der Waals surface area contributed by atoms with E-state index in [1.807, 2.05) is 27.8 Å². The molecule has 2 aromatic rings. The van der Waals surface area contributed by atoms with Crippen molar-refractivity contribution in [1.29, 1.82) is 0 Å². The van der Waals surface area contributed by atoms with Crippen molar-refractivity contribution in [2.45, 2.75) is 75.7 Å². The van der Waals surface area contributed by atoms with Gasteiger partial charge in [0.1, 0.15) is 0 Å². The van der Waals surface area contributed by atoms with E-state index in [0.717, 1.165) is 45.2 Å². The maximum absolute atomic E-state index is 13.8. The third kappa shape index (κ3) is 5.12. The van der Waals surface area contributed by atoms with Crippen LogP contribution in [0.15, 0.2) is 48.8 Å². The smallest absolute Gasteiger partial charge is 0.320 e. The van der Waals surface area contributed by atoms with Crippen LogP contribution in [-0.4, -0.2) is 59.0 Å². The molecule has 0 bridgehead atoms. The van der Waals surface area contributed by atoms with E-state index >= 15 is 0 Å². The minimum absolute atomic E-state index is 0.0490. The molecule has 8 heteroatoms. The van der Waals surface area contributed by atoms with Crippen LogP contribution in [-0.2, 0) is 10.2 Å². The van der Waals surface area contributed by atoms with Crippen molar-refractivity contribution in [2.24, 2.45) is 5.92 Å². The molecule has 1 spiro atoms. The van der Waals surface area contributed by atoms with Crippen molar-refractivity contribution in [1.82, 2.24) is 14.8 Å². The molecule has 38 heavy (non-hydrogen) atoms. The molecule has 3 fully saturated rings. The Morgan fingerprint density at radius 3 is 2.53 bits per heavy atom. The lowest BCUT2D eigenvalue weighted by molar-refractivity contribution is -0.117.